The highest BCUT2D eigenvalue weighted by molar-refractivity contribution is 5.40. The molecular weight excluding hydrogens is 244 g/mol. The quantitative estimate of drug-likeness (QED) is 0.871. The van der Waals surface area contributed by atoms with Crippen LogP contribution in [-0.4, -0.2) is 33.7 Å². The number of ether oxygens (including phenoxy) is 2. The van der Waals surface area contributed by atoms with Gasteiger partial charge in [0, 0.05) is 19.7 Å². The molecule has 100 valence electrons. The summed E-state index contributed by atoms with van der Waals surface area (Å²) in [6.45, 7) is 0.457. The van der Waals surface area contributed by atoms with Crippen LogP contribution in [0.25, 0.3) is 0 Å². The Kier molecular flexibility index (Phi) is 3.08. The summed E-state index contributed by atoms with van der Waals surface area (Å²) in [6.07, 6.45) is 2.30. The van der Waals surface area contributed by atoms with Crippen LogP contribution in [0, 0.1) is 0 Å². The van der Waals surface area contributed by atoms with Crippen molar-refractivity contribution in [3.8, 4) is 11.5 Å². The predicted octanol–water partition coefficient (Wildman–Crippen LogP) is 0.525. The fourth-order valence-corrected chi connectivity index (χ4v) is 2.11. The van der Waals surface area contributed by atoms with E-state index < -0.39 is 0 Å². The van der Waals surface area contributed by atoms with Crippen molar-refractivity contribution in [3.63, 3.8) is 0 Å². The van der Waals surface area contributed by atoms with Crippen molar-refractivity contribution in [3.05, 3.63) is 36.2 Å². The average molecular weight is 260 g/mol. The van der Waals surface area contributed by atoms with Crippen LogP contribution in [0.1, 0.15) is 5.69 Å². The highest BCUT2D eigenvalue weighted by atomic mass is 16.6. The number of benzene rings is 1. The van der Waals surface area contributed by atoms with E-state index in [1.807, 2.05) is 37.5 Å². The number of hydrogen-bond donors (Lipinski definition) is 1. The second-order valence-corrected chi connectivity index (χ2v) is 4.67. The van der Waals surface area contributed by atoms with E-state index in [1.165, 1.54) is 0 Å². The van der Waals surface area contributed by atoms with Crippen LogP contribution in [0.15, 0.2) is 30.5 Å². The third-order valence-corrected chi connectivity index (χ3v) is 3.10. The maximum absolute atomic E-state index is 6.16. The van der Waals surface area contributed by atoms with Crippen molar-refractivity contribution in [2.45, 2.75) is 18.6 Å². The molecule has 1 aliphatic rings. The Morgan fingerprint density at radius 3 is 2.95 bits per heavy atom. The monoisotopic (exact) mass is 260 g/mol. The van der Waals surface area contributed by atoms with Gasteiger partial charge in [0.2, 0.25) is 0 Å². The average Bonchev–Trinajstić information content (AvgIpc) is 2.83. The number of aryl methyl sites for hydroxylation is 1. The van der Waals surface area contributed by atoms with Gasteiger partial charge in [-0.2, -0.15) is 0 Å². The molecule has 0 saturated heterocycles. The lowest BCUT2D eigenvalue weighted by Crippen LogP contribution is -2.46. The van der Waals surface area contributed by atoms with E-state index in [9.17, 15) is 0 Å². The standard InChI is InChI=1S/C13H16N4O2/c1-17-7-9(15-16-17)6-10(14)13-8-18-11-4-2-3-5-12(11)19-13/h2-5,7,10,13H,6,8,14H2,1H3. The lowest BCUT2D eigenvalue weighted by atomic mass is 10.1. The van der Waals surface area contributed by atoms with Crippen LogP contribution in [0.5, 0.6) is 11.5 Å². The van der Waals surface area contributed by atoms with Gasteiger partial charge in [0.1, 0.15) is 12.7 Å². The Morgan fingerprint density at radius 2 is 2.21 bits per heavy atom. The zero-order chi connectivity index (χ0) is 13.2. The summed E-state index contributed by atoms with van der Waals surface area (Å²) in [5, 5.41) is 7.92. The van der Waals surface area contributed by atoms with Gasteiger partial charge in [-0.15, -0.1) is 5.10 Å². The number of aromatic nitrogens is 3. The summed E-state index contributed by atoms with van der Waals surface area (Å²) < 4.78 is 13.2. The predicted molar refractivity (Wildman–Crippen MR) is 69.0 cm³/mol. The normalized spacial score (nSPS) is 19.2. The molecule has 3 rings (SSSR count). The molecule has 0 fully saturated rings. The molecule has 19 heavy (non-hydrogen) atoms. The van der Waals surface area contributed by atoms with Gasteiger partial charge in [-0.1, -0.05) is 17.3 Å². The van der Waals surface area contributed by atoms with Gasteiger partial charge in [-0.25, -0.2) is 0 Å². The van der Waals surface area contributed by atoms with E-state index in [2.05, 4.69) is 10.3 Å². The van der Waals surface area contributed by atoms with E-state index in [4.69, 9.17) is 15.2 Å². The summed E-state index contributed by atoms with van der Waals surface area (Å²) in [5.74, 6) is 1.51. The van der Waals surface area contributed by atoms with Crippen LogP contribution in [0.4, 0.5) is 0 Å². The molecule has 1 aromatic carbocycles. The number of hydrogen-bond acceptors (Lipinski definition) is 5. The molecule has 2 N–H and O–H groups in total. The topological polar surface area (TPSA) is 75.2 Å². The minimum absolute atomic E-state index is 0.170. The first-order valence-electron chi connectivity index (χ1n) is 6.21. The molecule has 1 aliphatic heterocycles. The van der Waals surface area contributed by atoms with Crippen molar-refractivity contribution in [2.24, 2.45) is 12.8 Å². The Morgan fingerprint density at radius 1 is 1.42 bits per heavy atom. The van der Waals surface area contributed by atoms with Crippen molar-refractivity contribution >= 4 is 0 Å². The largest absolute Gasteiger partial charge is 0.486 e. The smallest absolute Gasteiger partial charge is 0.161 e. The van der Waals surface area contributed by atoms with Crippen LogP contribution in [0.3, 0.4) is 0 Å². The number of rotatable bonds is 3. The first-order valence-corrected chi connectivity index (χ1v) is 6.21. The zero-order valence-electron chi connectivity index (χ0n) is 10.7. The molecule has 0 radical (unpaired) electrons. The number of nitrogens with two attached hydrogens (primary N) is 1. The molecule has 1 aromatic heterocycles. The summed E-state index contributed by atoms with van der Waals surface area (Å²) in [6, 6.07) is 7.43. The van der Waals surface area contributed by atoms with E-state index in [0.717, 1.165) is 17.2 Å². The van der Waals surface area contributed by atoms with E-state index in [1.54, 1.807) is 4.68 Å². The summed E-state index contributed by atoms with van der Waals surface area (Å²) in [5.41, 5.74) is 7.02. The fraction of sp³-hybridized carbons (Fsp3) is 0.385. The second-order valence-electron chi connectivity index (χ2n) is 4.67. The molecule has 6 heteroatoms. The molecule has 0 spiro atoms. The van der Waals surface area contributed by atoms with Crippen LogP contribution in [0.2, 0.25) is 0 Å². The van der Waals surface area contributed by atoms with Gasteiger partial charge in [-0.05, 0) is 12.1 Å². The molecule has 2 atom stereocenters. The Bertz CT molecular complexity index is 569. The van der Waals surface area contributed by atoms with Crippen molar-refractivity contribution < 1.29 is 9.47 Å². The lowest BCUT2D eigenvalue weighted by molar-refractivity contribution is 0.0720. The molecule has 0 aliphatic carbocycles. The molecule has 0 saturated carbocycles. The maximum atomic E-state index is 6.16. The fourth-order valence-electron chi connectivity index (χ4n) is 2.11. The highest BCUT2D eigenvalue weighted by Crippen LogP contribution is 2.31. The minimum atomic E-state index is -0.176. The first-order chi connectivity index (χ1) is 9.22. The Labute approximate surface area is 111 Å². The zero-order valence-corrected chi connectivity index (χ0v) is 10.7. The third kappa shape index (κ3) is 2.53. The molecular formula is C13H16N4O2. The Hall–Kier alpha value is -2.08. The number of fused-ring (bicyclic) bond motifs is 1. The SMILES string of the molecule is Cn1cc(CC(N)C2COc3ccccc3O2)nn1. The molecule has 6 nitrogen and oxygen atoms in total. The molecule has 2 aromatic rings. The van der Waals surface area contributed by atoms with Crippen LogP contribution in [-0.2, 0) is 13.5 Å². The maximum Gasteiger partial charge on any atom is 0.161 e. The second kappa shape index (κ2) is 4.89. The van der Waals surface area contributed by atoms with E-state index in [0.29, 0.717) is 13.0 Å². The summed E-state index contributed by atoms with van der Waals surface area (Å²) >= 11 is 0. The van der Waals surface area contributed by atoms with E-state index in [-0.39, 0.29) is 12.1 Å². The molecule has 0 bridgehead atoms. The molecule has 2 unspecified atom stereocenters. The van der Waals surface area contributed by atoms with Gasteiger partial charge in [0.15, 0.2) is 11.5 Å². The van der Waals surface area contributed by atoms with Gasteiger partial charge < -0.3 is 15.2 Å². The minimum Gasteiger partial charge on any atom is -0.486 e. The van der Waals surface area contributed by atoms with Crippen molar-refractivity contribution in [1.29, 1.82) is 0 Å². The molecule has 0 amide bonds. The number of para-hydroxylation sites is 2. The highest BCUT2D eigenvalue weighted by Gasteiger charge is 2.27. The van der Waals surface area contributed by atoms with Gasteiger partial charge in [0.05, 0.1) is 11.7 Å². The third-order valence-electron chi connectivity index (χ3n) is 3.10. The first kappa shape index (κ1) is 12.0. The van der Waals surface area contributed by atoms with Gasteiger partial charge in [-0.3, -0.25) is 4.68 Å². The Balaban J connectivity index is 1.67. The van der Waals surface area contributed by atoms with Crippen molar-refractivity contribution in [2.75, 3.05) is 6.61 Å². The van der Waals surface area contributed by atoms with Gasteiger partial charge >= 0.3 is 0 Å². The van der Waals surface area contributed by atoms with Crippen molar-refractivity contribution in [1.82, 2.24) is 15.0 Å². The lowest BCUT2D eigenvalue weighted by Gasteiger charge is -2.29. The summed E-state index contributed by atoms with van der Waals surface area (Å²) in [4.78, 5) is 0. The molecule has 2 heterocycles. The number of nitrogens with zero attached hydrogens (tertiary/aromatic N) is 3. The van der Waals surface area contributed by atoms with Crippen LogP contribution < -0.4 is 15.2 Å². The summed E-state index contributed by atoms with van der Waals surface area (Å²) in [7, 11) is 1.83. The van der Waals surface area contributed by atoms with Crippen LogP contribution >= 0.6 is 0 Å². The van der Waals surface area contributed by atoms with Gasteiger partial charge in [0.25, 0.3) is 0 Å². The van der Waals surface area contributed by atoms with E-state index >= 15 is 0 Å².